The van der Waals surface area contributed by atoms with Gasteiger partial charge in [-0.2, -0.15) is 5.10 Å². The molecule has 0 fully saturated rings. The molecule has 4 heteroatoms. The zero-order valence-electron chi connectivity index (χ0n) is 9.44. The standard InChI is InChI=1S/C12H12N2O2/c1-7-11(8(2)15)10-5-4-6-13-14(10)12(7)9(3)16/h4-6H,1-3H3. The molecule has 0 N–H and O–H groups in total. The van der Waals surface area contributed by atoms with Crippen LogP contribution in [0.15, 0.2) is 18.3 Å². The molecule has 0 aromatic carbocycles. The molecule has 2 aromatic heterocycles. The zero-order valence-corrected chi connectivity index (χ0v) is 9.44. The molecule has 0 atom stereocenters. The smallest absolute Gasteiger partial charge is 0.178 e. The summed E-state index contributed by atoms with van der Waals surface area (Å²) in [7, 11) is 0. The van der Waals surface area contributed by atoms with E-state index in [4.69, 9.17) is 0 Å². The molecule has 0 unspecified atom stereocenters. The number of rotatable bonds is 2. The van der Waals surface area contributed by atoms with Crippen LogP contribution in [0.4, 0.5) is 0 Å². The molecule has 0 amide bonds. The predicted octanol–water partition coefficient (Wildman–Crippen LogP) is 2.05. The maximum Gasteiger partial charge on any atom is 0.178 e. The third-order valence-corrected chi connectivity index (χ3v) is 2.63. The van der Waals surface area contributed by atoms with Crippen molar-refractivity contribution in [2.24, 2.45) is 0 Å². The maximum absolute atomic E-state index is 11.6. The van der Waals surface area contributed by atoms with Gasteiger partial charge >= 0.3 is 0 Å². The summed E-state index contributed by atoms with van der Waals surface area (Å²) in [6.07, 6.45) is 1.60. The monoisotopic (exact) mass is 216 g/mol. The number of ketones is 2. The average Bonchev–Trinajstić information content (AvgIpc) is 2.49. The first kappa shape index (κ1) is 10.5. The molecule has 4 nitrogen and oxygen atoms in total. The van der Waals surface area contributed by atoms with Gasteiger partial charge in [0.2, 0.25) is 0 Å². The maximum atomic E-state index is 11.6. The number of carbonyl (C=O) groups excluding carboxylic acids is 2. The Morgan fingerprint density at radius 1 is 1.25 bits per heavy atom. The molecule has 2 heterocycles. The van der Waals surface area contributed by atoms with E-state index in [1.54, 1.807) is 25.3 Å². The summed E-state index contributed by atoms with van der Waals surface area (Å²) in [5, 5.41) is 4.11. The van der Waals surface area contributed by atoms with E-state index in [0.29, 0.717) is 22.3 Å². The van der Waals surface area contributed by atoms with Crippen LogP contribution in [0.3, 0.4) is 0 Å². The molecular formula is C12H12N2O2. The molecule has 0 spiro atoms. The van der Waals surface area contributed by atoms with Gasteiger partial charge in [-0.05, 0) is 31.5 Å². The van der Waals surface area contributed by atoms with Gasteiger partial charge in [-0.15, -0.1) is 0 Å². The minimum atomic E-state index is -0.0845. The van der Waals surface area contributed by atoms with Crippen LogP contribution in [-0.2, 0) is 0 Å². The van der Waals surface area contributed by atoms with Crippen LogP contribution < -0.4 is 0 Å². The third-order valence-electron chi connectivity index (χ3n) is 2.63. The van der Waals surface area contributed by atoms with Gasteiger partial charge in [0.1, 0.15) is 5.69 Å². The Hall–Kier alpha value is -1.97. The second-order valence-electron chi connectivity index (χ2n) is 3.78. The van der Waals surface area contributed by atoms with Gasteiger partial charge in [0.05, 0.1) is 5.52 Å². The number of aromatic nitrogens is 2. The highest BCUT2D eigenvalue weighted by molar-refractivity contribution is 6.07. The normalized spacial score (nSPS) is 10.7. The predicted molar refractivity (Wildman–Crippen MR) is 59.9 cm³/mol. The van der Waals surface area contributed by atoms with Crippen LogP contribution in [0.25, 0.3) is 5.52 Å². The lowest BCUT2D eigenvalue weighted by atomic mass is 10.1. The van der Waals surface area contributed by atoms with Gasteiger partial charge in [-0.25, -0.2) is 4.52 Å². The molecule has 16 heavy (non-hydrogen) atoms. The van der Waals surface area contributed by atoms with Crippen molar-refractivity contribution in [3.05, 3.63) is 35.2 Å². The molecule has 82 valence electrons. The lowest BCUT2D eigenvalue weighted by molar-refractivity contribution is 0.100. The molecule has 2 rings (SSSR count). The summed E-state index contributed by atoms with van der Waals surface area (Å²) in [6, 6.07) is 3.55. The van der Waals surface area contributed by atoms with Crippen molar-refractivity contribution in [1.29, 1.82) is 0 Å². The lowest BCUT2D eigenvalue weighted by Gasteiger charge is -1.96. The number of hydrogen-bond acceptors (Lipinski definition) is 3. The van der Waals surface area contributed by atoms with E-state index < -0.39 is 0 Å². The number of nitrogens with zero attached hydrogens (tertiary/aromatic N) is 2. The Labute approximate surface area is 92.9 Å². The van der Waals surface area contributed by atoms with Crippen LogP contribution in [0, 0.1) is 6.92 Å². The summed E-state index contributed by atoms with van der Waals surface area (Å²) >= 11 is 0. The molecule has 0 saturated heterocycles. The number of carbonyl (C=O) groups is 2. The van der Waals surface area contributed by atoms with Gasteiger partial charge in [-0.3, -0.25) is 9.59 Å². The fourth-order valence-corrected chi connectivity index (χ4v) is 2.07. The molecule has 0 aliphatic rings. The van der Waals surface area contributed by atoms with Gasteiger partial charge in [-0.1, -0.05) is 0 Å². The summed E-state index contributed by atoms with van der Waals surface area (Å²) in [6.45, 7) is 4.76. The summed E-state index contributed by atoms with van der Waals surface area (Å²) < 4.78 is 1.54. The minimum absolute atomic E-state index is 0.0458. The van der Waals surface area contributed by atoms with Gasteiger partial charge < -0.3 is 0 Å². The fraction of sp³-hybridized carbons (Fsp3) is 0.250. The summed E-state index contributed by atoms with van der Waals surface area (Å²) in [5.74, 6) is -0.130. The van der Waals surface area contributed by atoms with Crippen LogP contribution in [0.5, 0.6) is 0 Å². The van der Waals surface area contributed by atoms with E-state index >= 15 is 0 Å². The van der Waals surface area contributed by atoms with E-state index in [2.05, 4.69) is 5.10 Å². The Morgan fingerprint density at radius 2 is 1.94 bits per heavy atom. The zero-order chi connectivity index (χ0) is 11.9. The van der Waals surface area contributed by atoms with E-state index in [-0.39, 0.29) is 11.6 Å². The first-order valence-electron chi connectivity index (χ1n) is 5.02. The second kappa shape index (κ2) is 3.56. The van der Waals surface area contributed by atoms with E-state index in [1.165, 1.54) is 18.4 Å². The Kier molecular flexibility index (Phi) is 2.34. The first-order chi connectivity index (χ1) is 7.54. The number of Topliss-reactive ketones (excluding diaryl/α,β-unsaturated/α-hetero) is 2. The van der Waals surface area contributed by atoms with Crippen molar-refractivity contribution < 1.29 is 9.59 Å². The van der Waals surface area contributed by atoms with Crippen molar-refractivity contribution in [3.8, 4) is 0 Å². The topological polar surface area (TPSA) is 51.4 Å². The van der Waals surface area contributed by atoms with E-state index in [9.17, 15) is 9.59 Å². The molecule has 0 saturated carbocycles. The highest BCUT2D eigenvalue weighted by atomic mass is 16.1. The van der Waals surface area contributed by atoms with Crippen molar-refractivity contribution in [2.45, 2.75) is 20.8 Å². The Balaban J connectivity index is 2.97. The van der Waals surface area contributed by atoms with Crippen LogP contribution in [-0.4, -0.2) is 21.2 Å². The van der Waals surface area contributed by atoms with E-state index in [0.717, 1.165) is 0 Å². The number of fused-ring (bicyclic) bond motifs is 1. The van der Waals surface area contributed by atoms with Crippen molar-refractivity contribution >= 4 is 17.1 Å². The van der Waals surface area contributed by atoms with E-state index in [1.807, 2.05) is 0 Å². The number of hydrogen-bond donors (Lipinski definition) is 0. The third kappa shape index (κ3) is 1.34. The Bertz CT molecular complexity index is 545. The molecular weight excluding hydrogens is 204 g/mol. The van der Waals surface area contributed by atoms with Crippen molar-refractivity contribution in [2.75, 3.05) is 0 Å². The summed E-state index contributed by atoms with van der Waals surface area (Å²) in [5.41, 5.74) is 2.47. The quantitative estimate of drug-likeness (QED) is 0.722. The average molecular weight is 216 g/mol. The van der Waals surface area contributed by atoms with Gasteiger partial charge in [0.15, 0.2) is 11.6 Å². The fourth-order valence-electron chi connectivity index (χ4n) is 2.07. The van der Waals surface area contributed by atoms with Crippen molar-refractivity contribution in [3.63, 3.8) is 0 Å². The van der Waals surface area contributed by atoms with Gasteiger partial charge in [0.25, 0.3) is 0 Å². The summed E-state index contributed by atoms with van der Waals surface area (Å²) in [4.78, 5) is 23.1. The molecule has 0 bridgehead atoms. The molecule has 0 radical (unpaired) electrons. The highest BCUT2D eigenvalue weighted by Gasteiger charge is 2.20. The van der Waals surface area contributed by atoms with Crippen molar-refractivity contribution in [1.82, 2.24) is 9.61 Å². The molecule has 2 aromatic rings. The lowest BCUT2D eigenvalue weighted by Crippen LogP contribution is -2.02. The first-order valence-corrected chi connectivity index (χ1v) is 5.02. The van der Waals surface area contributed by atoms with Crippen LogP contribution in [0.2, 0.25) is 0 Å². The largest absolute Gasteiger partial charge is 0.294 e. The second-order valence-corrected chi connectivity index (χ2v) is 3.78. The molecule has 0 aliphatic heterocycles. The molecule has 0 aliphatic carbocycles. The van der Waals surface area contributed by atoms with Crippen LogP contribution in [0.1, 0.15) is 40.3 Å². The SMILES string of the molecule is CC(=O)c1c(C)c(C(C)=O)n2ncccc12. The highest BCUT2D eigenvalue weighted by Crippen LogP contribution is 2.22. The Morgan fingerprint density at radius 3 is 2.50 bits per heavy atom. The van der Waals surface area contributed by atoms with Crippen LogP contribution >= 0.6 is 0 Å². The van der Waals surface area contributed by atoms with Gasteiger partial charge in [0, 0.05) is 18.7 Å². The minimum Gasteiger partial charge on any atom is -0.294 e.